The smallest absolute Gasteiger partial charge is 0.253 e. The first kappa shape index (κ1) is 14.0. The molecule has 1 aliphatic heterocycles. The van der Waals surface area contributed by atoms with Gasteiger partial charge in [0.15, 0.2) is 0 Å². The molecule has 1 amide bonds. The monoisotopic (exact) mass is 266 g/mol. The number of halogens is 1. The molecule has 1 atom stereocenters. The molecular weight excluding hydrogens is 247 g/mol. The van der Waals surface area contributed by atoms with Crippen molar-refractivity contribution < 1.29 is 13.9 Å². The number of morpholine rings is 1. The van der Waals surface area contributed by atoms with Crippen molar-refractivity contribution in [3.05, 3.63) is 35.1 Å². The normalized spacial score (nSPS) is 19.2. The summed E-state index contributed by atoms with van der Waals surface area (Å²) in [5, 5.41) is 3.21. The molecule has 104 valence electrons. The van der Waals surface area contributed by atoms with Gasteiger partial charge in [0.1, 0.15) is 5.82 Å². The first-order valence-corrected chi connectivity index (χ1v) is 6.41. The fourth-order valence-electron chi connectivity index (χ4n) is 2.21. The minimum atomic E-state index is -0.382. The second kappa shape index (κ2) is 6.12. The Morgan fingerprint density at radius 3 is 2.95 bits per heavy atom. The summed E-state index contributed by atoms with van der Waals surface area (Å²) in [5.41, 5.74) is 1.12. The maximum atomic E-state index is 13.3. The summed E-state index contributed by atoms with van der Waals surface area (Å²) >= 11 is 0. The van der Waals surface area contributed by atoms with Crippen LogP contribution in [-0.2, 0) is 4.74 Å². The second-order valence-electron chi connectivity index (χ2n) is 4.90. The fourth-order valence-corrected chi connectivity index (χ4v) is 2.21. The minimum Gasteiger partial charge on any atom is -0.374 e. The molecule has 1 aromatic carbocycles. The standard InChI is InChI=1S/C14H19FN2O2/c1-10-5-11(7-12(15)6-10)14(18)17(2)9-13-8-16-3-4-19-13/h5-7,13,16H,3-4,8-9H2,1-2H3. The quantitative estimate of drug-likeness (QED) is 0.893. The molecule has 0 saturated carbocycles. The first-order chi connectivity index (χ1) is 9.06. The summed E-state index contributed by atoms with van der Waals surface area (Å²) in [6.45, 7) is 4.51. The number of likely N-dealkylation sites (N-methyl/N-ethyl adjacent to an activating group) is 1. The molecule has 0 aliphatic carbocycles. The number of ether oxygens (including phenoxy) is 1. The number of hydrogen-bond acceptors (Lipinski definition) is 3. The topological polar surface area (TPSA) is 41.6 Å². The Balaban J connectivity index is 2.01. The molecule has 1 aromatic rings. The molecule has 1 heterocycles. The average Bonchev–Trinajstić information content (AvgIpc) is 2.37. The van der Waals surface area contributed by atoms with Gasteiger partial charge in [-0.05, 0) is 30.7 Å². The zero-order chi connectivity index (χ0) is 13.8. The van der Waals surface area contributed by atoms with E-state index in [0.717, 1.165) is 18.7 Å². The number of hydrogen-bond donors (Lipinski definition) is 1. The van der Waals surface area contributed by atoms with Crippen molar-refractivity contribution >= 4 is 5.91 Å². The van der Waals surface area contributed by atoms with E-state index in [9.17, 15) is 9.18 Å². The third-order valence-electron chi connectivity index (χ3n) is 3.12. The van der Waals surface area contributed by atoms with Crippen LogP contribution in [0.5, 0.6) is 0 Å². The summed E-state index contributed by atoms with van der Waals surface area (Å²) in [6.07, 6.45) is -0.00245. The van der Waals surface area contributed by atoms with Crippen LogP contribution in [0.3, 0.4) is 0 Å². The lowest BCUT2D eigenvalue weighted by Gasteiger charge is -2.28. The molecule has 4 nitrogen and oxygen atoms in total. The molecule has 1 fully saturated rings. The van der Waals surface area contributed by atoms with Crippen molar-refractivity contribution in [2.45, 2.75) is 13.0 Å². The zero-order valence-electron chi connectivity index (χ0n) is 11.3. The van der Waals surface area contributed by atoms with E-state index in [-0.39, 0.29) is 17.8 Å². The van der Waals surface area contributed by atoms with E-state index in [1.165, 1.54) is 12.1 Å². The van der Waals surface area contributed by atoms with E-state index in [4.69, 9.17) is 4.74 Å². The molecule has 1 unspecified atom stereocenters. The van der Waals surface area contributed by atoms with Gasteiger partial charge in [-0.1, -0.05) is 0 Å². The van der Waals surface area contributed by atoms with Gasteiger partial charge in [-0.2, -0.15) is 0 Å². The van der Waals surface area contributed by atoms with Gasteiger partial charge in [0.2, 0.25) is 0 Å². The van der Waals surface area contributed by atoms with E-state index in [2.05, 4.69) is 5.32 Å². The highest BCUT2D eigenvalue weighted by atomic mass is 19.1. The van der Waals surface area contributed by atoms with Gasteiger partial charge in [0.25, 0.3) is 5.91 Å². The summed E-state index contributed by atoms with van der Waals surface area (Å²) in [6, 6.07) is 4.37. The number of carbonyl (C=O) groups excluding carboxylic acids is 1. The molecule has 5 heteroatoms. The van der Waals surface area contributed by atoms with Crippen molar-refractivity contribution in [1.82, 2.24) is 10.2 Å². The van der Waals surface area contributed by atoms with Crippen molar-refractivity contribution in [2.24, 2.45) is 0 Å². The second-order valence-corrected chi connectivity index (χ2v) is 4.90. The van der Waals surface area contributed by atoms with Crippen molar-refractivity contribution in [3.8, 4) is 0 Å². The fraction of sp³-hybridized carbons (Fsp3) is 0.500. The highest BCUT2D eigenvalue weighted by Gasteiger charge is 2.19. The number of nitrogens with zero attached hydrogens (tertiary/aromatic N) is 1. The van der Waals surface area contributed by atoms with Crippen LogP contribution in [-0.4, -0.2) is 50.2 Å². The zero-order valence-corrected chi connectivity index (χ0v) is 11.3. The van der Waals surface area contributed by atoms with Crippen LogP contribution in [0.4, 0.5) is 4.39 Å². The lowest BCUT2D eigenvalue weighted by Crippen LogP contribution is -2.45. The van der Waals surface area contributed by atoms with E-state index in [0.29, 0.717) is 18.7 Å². The number of nitrogens with one attached hydrogen (secondary N) is 1. The SMILES string of the molecule is Cc1cc(F)cc(C(=O)N(C)CC2CNCCO2)c1. The summed E-state index contributed by atoms with van der Waals surface area (Å²) in [7, 11) is 1.71. The molecule has 1 N–H and O–H groups in total. The van der Waals surface area contributed by atoms with Gasteiger partial charge in [0, 0.05) is 32.2 Å². The van der Waals surface area contributed by atoms with E-state index in [1.807, 2.05) is 0 Å². The van der Waals surface area contributed by atoms with Crippen molar-refractivity contribution in [3.63, 3.8) is 0 Å². The van der Waals surface area contributed by atoms with Gasteiger partial charge in [0.05, 0.1) is 12.7 Å². The number of amides is 1. The molecular formula is C14H19FN2O2. The number of rotatable bonds is 3. The third-order valence-corrected chi connectivity index (χ3v) is 3.12. The van der Waals surface area contributed by atoms with Crippen LogP contribution in [0.15, 0.2) is 18.2 Å². The van der Waals surface area contributed by atoms with E-state index >= 15 is 0 Å². The van der Waals surface area contributed by atoms with Crippen molar-refractivity contribution in [2.75, 3.05) is 33.3 Å². The summed E-state index contributed by atoms with van der Waals surface area (Å²) in [4.78, 5) is 13.8. The Bertz CT molecular complexity index is 439. The average molecular weight is 266 g/mol. The van der Waals surface area contributed by atoms with Crippen LogP contribution in [0.25, 0.3) is 0 Å². The van der Waals surface area contributed by atoms with Crippen LogP contribution in [0, 0.1) is 12.7 Å². The molecule has 0 radical (unpaired) electrons. The molecule has 0 bridgehead atoms. The van der Waals surface area contributed by atoms with Gasteiger partial charge in [-0.15, -0.1) is 0 Å². The Labute approximate surface area is 112 Å². The molecule has 0 spiro atoms. The van der Waals surface area contributed by atoms with Gasteiger partial charge in [-0.3, -0.25) is 4.79 Å². The maximum Gasteiger partial charge on any atom is 0.253 e. The minimum absolute atomic E-state index is 0.00245. The predicted octanol–water partition coefficient (Wildman–Crippen LogP) is 1.19. The van der Waals surface area contributed by atoms with Crippen molar-refractivity contribution in [1.29, 1.82) is 0 Å². The lowest BCUT2D eigenvalue weighted by atomic mass is 10.1. The van der Waals surface area contributed by atoms with Gasteiger partial charge < -0.3 is 15.0 Å². The molecule has 19 heavy (non-hydrogen) atoms. The maximum absolute atomic E-state index is 13.3. The molecule has 1 saturated heterocycles. The third kappa shape index (κ3) is 3.75. The Hall–Kier alpha value is -1.46. The summed E-state index contributed by atoms with van der Waals surface area (Å²) in [5.74, 6) is -0.566. The van der Waals surface area contributed by atoms with E-state index in [1.54, 1.807) is 24.9 Å². The Kier molecular flexibility index (Phi) is 4.50. The Morgan fingerprint density at radius 2 is 2.32 bits per heavy atom. The van der Waals surface area contributed by atoms with E-state index < -0.39 is 0 Å². The highest BCUT2D eigenvalue weighted by molar-refractivity contribution is 5.94. The van der Waals surface area contributed by atoms with Crippen LogP contribution >= 0.6 is 0 Å². The Morgan fingerprint density at radius 1 is 1.53 bits per heavy atom. The summed E-state index contributed by atoms with van der Waals surface area (Å²) < 4.78 is 18.9. The van der Waals surface area contributed by atoms with Gasteiger partial charge in [-0.25, -0.2) is 4.39 Å². The highest BCUT2D eigenvalue weighted by Crippen LogP contribution is 2.11. The molecule has 2 rings (SSSR count). The van der Waals surface area contributed by atoms with Crippen LogP contribution in [0.1, 0.15) is 15.9 Å². The molecule has 1 aliphatic rings. The van der Waals surface area contributed by atoms with Crippen LogP contribution < -0.4 is 5.32 Å². The first-order valence-electron chi connectivity index (χ1n) is 6.41. The number of carbonyl (C=O) groups is 1. The van der Waals surface area contributed by atoms with Crippen LogP contribution in [0.2, 0.25) is 0 Å². The number of aryl methyl sites for hydroxylation is 1. The number of benzene rings is 1. The lowest BCUT2D eigenvalue weighted by molar-refractivity contribution is 0.0104. The van der Waals surface area contributed by atoms with Gasteiger partial charge >= 0.3 is 0 Å². The predicted molar refractivity (Wildman–Crippen MR) is 70.7 cm³/mol. The molecule has 0 aromatic heterocycles. The largest absolute Gasteiger partial charge is 0.374 e.